The second-order valence-corrected chi connectivity index (χ2v) is 7.83. The zero-order chi connectivity index (χ0) is 18.3. The normalized spacial score (nSPS) is 25.2. The average molecular weight is 355 g/mol. The van der Waals surface area contributed by atoms with Gasteiger partial charge in [0.2, 0.25) is 5.91 Å². The molecule has 0 radical (unpaired) electrons. The molecule has 3 aliphatic heterocycles. The Morgan fingerprint density at radius 3 is 2.46 bits per heavy atom. The molecule has 1 N–H and O–H groups in total. The third kappa shape index (κ3) is 3.45. The number of nitrogens with zero attached hydrogens (tertiary/aromatic N) is 2. The number of piperidine rings is 1. The predicted octanol–water partition coefficient (Wildman–Crippen LogP) is 2.75. The van der Waals surface area contributed by atoms with Gasteiger partial charge in [-0.15, -0.1) is 0 Å². The van der Waals surface area contributed by atoms with E-state index in [0.29, 0.717) is 30.3 Å². The fraction of sp³-hybridized carbons (Fsp3) is 0.550. The summed E-state index contributed by atoms with van der Waals surface area (Å²) in [5.74, 6) is 0.828. The van der Waals surface area contributed by atoms with E-state index in [1.54, 1.807) is 29.2 Å². The summed E-state index contributed by atoms with van der Waals surface area (Å²) >= 11 is 0. The van der Waals surface area contributed by atoms with Crippen LogP contribution in [0, 0.1) is 11.8 Å². The molecule has 1 aromatic rings. The number of urea groups is 1. The van der Waals surface area contributed by atoms with Gasteiger partial charge in [0.15, 0.2) is 5.78 Å². The number of amides is 3. The van der Waals surface area contributed by atoms with Gasteiger partial charge in [-0.25, -0.2) is 4.79 Å². The van der Waals surface area contributed by atoms with Gasteiger partial charge in [-0.05, 0) is 62.8 Å². The maximum absolute atomic E-state index is 12.7. The van der Waals surface area contributed by atoms with Crippen LogP contribution in [0.5, 0.6) is 0 Å². The first-order valence-electron chi connectivity index (χ1n) is 9.48. The highest BCUT2D eigenvalue weighted by Gasteiger charge is 2.43. The van der Waals surface area contributed by atoms with Crippen molar-refractivity contribution in [2.75, 3.05) is 25.0 Å². The van der Waals surface area contributed by atoms with Crippen LogP contribution in [0.25, 0.3) is 0 Å². The maximum Gasteiger partial charge on any atom is 0.321 e. The summed E-state index contributed by atoms with van der Waals surface area (Å²) in [6.45, 7) is 3.48. The third-order valence-electron chi connectivity index (χ3n) is 5.78. The fourth-order valence-electron chi connectivity index (χ4n) is 4.02. The minimum Gasteiger partial charge on any atom is -0.337 e. The number of ketones is 1. The van der Waals surface area contributed by atoms with Crippen LogP contribution in [0.4, 0.5) is 10.5 Å². The van der Waals surface area contributed by atoms with Crippen molar-refractivity contribution in [2.45, 2.75) is 38.6 Å². The van der Waals surface area contributed by atoms with Gasteiger partial charge < -0.3 is 15.1 Å². The van der Waals surface area contributed by atoms with Crippen LogP contribution in [0.3, 0.4) is 0 Å². The second kappa shape index (κ2) is 6.74. The van der Waals surface area contributed by atoms with E-state index in [2.05, 4.69) is 5.32 Å². The van der Waals surface area contributed by atoms with Gasteiger partial charge in [0.25, 0.3) is 0 Å². The summed E-state index contributed by atoms with van der Waals surface area (Å²) in [5, 5.41) is 2.90. The van der Waals surface area contributed by atoms with E-state index < -0.39 is 0 Å². The molecule has 1 aromatic carbocycles. The lowest BCUT2D eigenvalue weighted by molar-refractivity contribution is -0.140. The van der Waals surface area contributed by atoms with E-state index in [1.807, 2.05) is 4.90 Å². The smallest absolute Gasteiger partial charge is 0.321 e. The first-order valence-corrected chi connectivity index (χ1v) is 9.48. The topological polar surface area (TPSA) is 69.7 Å². The van der Waals surface area contributed by atoms with Crippen molar-refractivity contribution in [3.63, 3.8) is 0 Å². The number of Topliss-reactive ketones (excluding diaryl/α,β-unsaturated/α-hetero) is 1. The Balaban J connectivity index is 1.43. The molecule has 26 heavy (non-hydrogen) atoms. The van der Waals surface area contributed by atoms with Crippen molar-refractivity contribution >= 4 is 23.4 Å². The van der Waals surface area contributed by atoms with Crippen molar-refractivity contribution in [3.8, 4) is 0 Å². The minimum absolute atomic E-state index is 0.00114. The highest BCUT2D eigenvalue weighted by molar-refractivity contribution is 5.95. The van der Waals surface area contributed by atoms with Crippen LogP contribution in [0.1, 0.15) is 43.0 Å². The molecule has 2 atom stereocenters. The standard InChI is InChI=1S/C20H25N3O3/c1-13(24)15-4-7-17(8-5-15)21-20(26)22-11-16-6-9-18(12-22)23(19(16)25)10-14-2-3-14/h4-5,7-8,14,16,18H,2-3,6,9-12H2,1H3,(H,21,26)/t16-,18+/m0/s1. The largest absolute Gasteiger partial charge is 0.337 e. The summed E-state index contributed by atoms with van der Waals surface area (Å²) in [5.41, 5.74) is 1.29. The third-order valence-corrected chi connectivity index (χ3v) is 5.78. The van der Waals surface area contributed by atoms with Gasteiger partial charge in [-0.2, -0.15) is 0 Å². The van der Waals surface area contributed by atoms with Crippen LogP contribution in [-0.4, -0.2) is 53.2 Å². The van der Waals surface area contributed by atoms with Gasteiger partial charge in [0, 0.05) is 36.9 Å². The molecule has 3 heterocycles. The highest BCUT2D eigenvalue weighted by atomic mass is 16.2. The van der Waals surface area contributed by atoms with Crippen LogP contribution in [-0.2, 0) is 4.79 Å². The second-order valence-electron chi connectivity index (χ2n) is 7.83. The van der Waals surface area contributed by atoms with Gasteiger partial charge in [0.05, 0.1) is 5.92 Å². The van der Waals surface area contributed by atoms with Gasteiger partial charge in [0.1, 0.15) is 0 Å². The summed E-state index contributed by atoms with van der Waals surface area (Å²) in [4.78, 5) is 40.6. The van der Waals surface area contributed by atoms with Gasteiger partial charge >= 0.3 is 6.03 Å². The molecule has 3 amide bonds. The van der Waals surface area contributed by atoms with Crippen molar-refractivity contribution in [1.29, 1.82) is 0 Å². The Bertz CT molecular complexity index is 726. The summed E-state index contributed by atoms with van der Waals surface area (Å²) < 4.78 is 0. The Morgan fingerprint density at radius 1 is 1.08 bits per heavy atom. The van der Waals surface area contributed by atoms with Crippen molar-refractivity contribution < 1.29 is 14.4 Å². The number of carbonyl (C=O) groups is 3. The molecular weight excluding hydrogens is 330 g/mol. The van der Waals surface area contributed by atoms with E-state index in [4.69, 9.17) is 0 Å². The van der Waals surface area contributed by atoms with E-state index in [0.717, 1.165) is 19.4 Å². The molecule has 6 heteroatoms. The quantitative estimate of drug-likeness (QED) is 0.845. The number of anilines is 1. The Morgan fingerprint density at radius 2 is 1.81 bits per heavy atom. The lowest BCUT2D eigenvalue weighted by Gasteiger charge is -2.36. The van der Waals surface area contributed by atoms with Gasteiger partial charge in [-0.1, -0.05) is 0 Å². The number of hydrogen-bond acceptors (Lipinski definition) is 3. The molecular formula is C20H25N3O3. The number of fused-ring (bicyclic) bond motifs is 4. The summed E-state index contributed by atoms with van der Waals surface area (Å²) in [7, 11) is 0. The SMILES string of the molecule is CC(=O)c1ccc(NC(=O)N2C[C@@H]3CC[C@H](C2)N(CC2CC2)C3=O)cc1. The number of nitrogens with one attached hydrogen (secondary N) is 1. The molecule has 0 spiro atoms. The Hall–Kier alpha value is -2.37. The van der Waals surface area contributed by atoms with E-state index in [1.165, 1.54) is 19.8 Å². The molecule has 138 valence electrons. The van der Waals surface area contributed by atoms with Crippen LogP contribution < -0.4 is 5.32 Å². The lowest BCUT2D eigenvalue weighted by Crippen LogP contribution is -2.49. The van der Waals surface area contributed by atoms with Gasteiger partial charge in [-0.3, -0.25) is 9.59 Å². The molecule has 4 aliphatic rings. The number of rotatable bonds is 4. The van der Waals surface area contributed by atoms with E-state index in [-0.39, 0.29) is 29.7 Å². The number of carbonyl (C=O) groups excluding carboxylic acids is 3. The summed E-state index contributed by atoms with van der Waals surface area (Å²) in [6.07, 6.45) is 4.31. The monoisotopic (exact) mass is 355 g/mol. The predicted molar refractivity (Wildman–Crippen MR) is 98.0 cm³/mol. The molecule has 0 aromatic heterocycles. The van der Waals surface area contributed by atoms with E-state index in [9.17, 15) is 14.4 Å². The first kappa shape index (κ1) is 17.1. The summed E-state index contributed by atoms with van der Waals surface area (Å²) in [6, 6.07) is 6.89. The number of hydrogen-bond donors (Lipinski definition) is 1. The van der Waals surface area contributed by atoms with Crippen molar-refractivity contribution in [3.05, 3.63) is 29.8 Å². The lowest BCUT2D eigenvalue weighted by atomic mass is 9.94. The van der Waals surface area contributed by atoms with Crippen LogP contribution in [0.15, 0.2) is 24.3 Å². The molecule has 3 saturated heterocycles. The highest BCUT2D eigenvalue weighted by Crippen LogP contribution is 2.35. The molecule has 0 unspecified atom stereocenters. The Kier molecular flexibility index (Phi) is 4.42. The average Bonchev–Trinajstić information content (AvgIpc) is 3.45. The zero-order valence-electron chi connectivity index (χ0n) is 15.1. The fourth-order valence-corrected chi connectivity index (χ4v) is 4.02. The molecule has 2 bridgehead atoms. The van der Waals surface area contributed by atoms with Crippen molar-refractivity contribution in [2.24, 2.45) is 11.8 Å². The number of benzene rings is 1. The Labute approximate surface area is 153 Å². The van der Waals surface area contributed by atoms with Crippen LogP contribution in [0.2, 0.25) is 0 Å². The maximum atomic E-state index is 12.7. The minimum atomic E-state index is -0.168. The first-order chi connectivity index (χ1) is 12.5. The van der Waals surface area contributed by atoms with Crippen LogP contribution >= 0.6 is 0 Å². The van der Waals surface area contributed by atoms with Crippen molar-refractivity contribution in [1.82, 2.24) is 9.80 Å². The van der Waals surface area contributed by atoms with E-state index >= 15 is 0 Å². The molecule has 1 aliphatic carbocycles. The molecule has 6 nitrogen and oxygen atoms in total. The molecule has 5 rings (SSSR count). The molecule has 4 fully saturated rings. The zero-order valence-corrected chi connectivity index (χ0v) is 15.1. The molecule has 1 saturated carbocycles.